The quantitative estimate of drug-likeness (QED) is 0.240. The topological polar surface area (TPSA) is 140 Å². The van der Waals surface area contributed by atoms with Crippen molar-refractivity contribution in [3.63, 3.8) is 0 Å². The molecule has 145 valence electrons. The first kappa shape index (κ1) is 32.5. The van der Waals surface area contributed by atoms with Crippen molar-refractivity contribution in [2.24, 2.45) is 0 Å². The van der Waals surface area contributed by atoms with Crippen LogP contribution in [0, 0.1) is 20.0 Å². The minimum absolute atomic E-state index is 0. The number of hydrogen-bond acceptors (Lipinski definition) is 4. The van der Waals surface area contributed by atoms with Gasteiger partial charge in [0.15, 0.2) is 0 Å². The summed E-state index contributed by atoms with van der Waals surface area (Å²) in [5, 5.41) is 0. The first-order valence-electron chi connectivity index (χ1n) is 5.69. The summed E-state index contributed by atoms with van der Waals surface area (Å²) in [6.07, 6.45) is 3.54. The summed E-state index contributed by atoms with van der Waals surface area (Å²) in [5.41, 5.74) is -3.70. The van der Waals surface area contributed by atoms with Crippen molar-refractivity contribution in [2.75, 3.05) is 0 Å². The third-order valence-electron chi connectivity index (χ3n) is 1.88. The standard InChI is InChI=1S/C10H8N2.CHF3O3S.3CO.Re/c1-3-7-11-9(5-1)10-6-2-4-8-12-10;2-1(3,4)8(5,6)7;3*1-2;/h1-8H;(H,5,6,7);;;;. The Kier molecular flexibility index (Phi) is 22.5. The molecule has 0 fully saturated rings. The van der Waals surface area contributed by atoms with Crippen LogP contribution in [0.1, 0.15) is 0 Å². The van der Waals surface area contributed by atoms with E-state index in [-0.39, 0.29) is 20.4 Å². The summed E-state index contributed by atoms with van der Waals surface area (Å²) in [6, 6.07) is 11.6. The monoisotopic (exact) mass is 577 g/mol. The molecule has 2 aromatic heterocycles. The van der Waals surface area contributed by atoms with Crippen LogP contribution >= 0.6 is 0 Å². The molecule has 0 unspecified atom stereocenters. The summed E-state index contributed by atoms with van der Waals surface area (Å²) in [6.45, 7) is 13.5. The van der Waals surface area contributed by atoms with Gasteiger partial charge in [-0.25, -0.2) is 0 Å². The van der Waals surface area contributed by atoms with E-state index in [1.807, 2.05) is 36.4 Å². The van der Waals surface area contributed by atoms with Crippen molar-refractivity contribution in [1.29, 1.82) is 0 Å². The van der Waals surface area contributed by atoms with Crippen LogP contribution in [0.25, 0.3) is 11.4 Å². The number of hydrogen-bond donors (Lipinski definition) is 1. The molecule has 27 heavy (non-hydrogen) atoms. The second kappa shape index (κ2) is 18.7. The molecule has 0 saturated heterocycles. The van der Waals surface area contributed by atoms with Gasteiger partial charge in [0.2, 0.25) is 0 Å². The van der Waals surface area contributed by atoms with Crippen molar-refractivity contribution in [3.8, 4) is 11.4 Å². The van der Waals surface area contributed by atoms with E-state index >= 15 is 0 Å². The SMILES string of the molecule is O=S(=O)(O)C(F)(F)F.[C-]#[O+].[C-]#[O+].[C-]#[O+].[Re].c1ccc(-c2ccccn2)nc1. The minimum Gasteiger partial charge on any atom is -0.255 e. The summed E-state index contributed by atoms with van der Waals surface area (Å²) in [4.78, 5) is 8.37. The molecule has 13 heteroatoms. The van der Waals surface area contributed by atoms with Crippen LogP contribution in [-0.4, -0.2) is 28.4 Å². The summed E-state index contributed by atoms with van der Waals surface area (Å²) >= 11 is 0. The van der Waals surface area contributed by atoms with Crippen LogP contribution in [0.4, 0.5) is 13.2 Å². The third kappa shape index (κ3) is 15.8. The zero-order valence-corrected chi connectivity index (χ0v) is 16.5. The van der Waals surface area contributed by atoms with Crippen LogP contribution in [-0.2, 0) is 44.5 Å². The van der Waals surface area contributed by atoms with E-state index in [4.69, 9.17) is 26.9 Å². The molecule has 2 heterocycles. The molecule has 0 aliphatic rings. The van der Waals surface area contributed by atoms with Crippen LogP contribution in [0.15, 0.2) is 48.8 Å². The molecule has 0 aromatic carbocycles. The van der Waals surface area contributed by atoms with E-state index in [9.17, 15) is 13.2 Å². The summed E-state index contributed by atoms with van der Waals surface area (Å²) in [7, 11) is -5.84. The van der Waals surface area contributed by atoms with Gasteiger partial charge >= 0.3 is 49.5 Å². The zero-order chi connectivity index (χ0) is 21.2. The van der Waals surface area contributed by atoms with E-state index in [1.165, 1.54) is 0 Å². The Morgan fingerprint density at radius 2 is 1.07 bits per heavy atom. The molecule has 0 aliphatic heterocycles. The van der Waals surface area contributed by atoms with Crippen LogP contribution < -0.4 is 0 Å². The molecule has 0 bridgehead atoms. The van der Waals surface area contributed by atoms with Gasteiger partial charge in [0, 0.05) is 32.8 Å². The maximum atomic E-state index is 10.7. The Hall–Kier alpha value is -2.12. The fraction of sp³-hybridized carbons (Fsp3) is 0.0714. The smallest absolute Gasteiger partial charge is 0.0886 e. The van der Waals surface area contributed by atoms with Crippen molar-refractivity contribution in [3.05, 3.63) is 68.7 Å². The third-order valence-corrected chi connectivity index (χ3v) is 2.47. The Bertz CT molecular complexity index is 714. The Morgan fingerprint density at radius 1 is 0.815 bits per heavy atom. The fourth-order valence-electron chi connectivity index (χ4n) is 1.03. The van der Waals surface area contributed by atoms with Gasteiger partial charge in [-0.1, -0.05) is 12.1 Å². The molecule has 2 aromatic rings. The molecule has 0 spiro atoms. The number of aromatic nitrogens is 2. The number of rotatable bonds is 1. The summed E-state index contributed by atoms with van der Waals surface area (Å²) in [5.74, 6) is 0. The van der Waals surface area contributed by atoms with Crippen LogP contribution in [0.2, 0.25) is 0 Å². The van der Waals surface area contributed by atoms with Gasteiger partial charge in [0.1, 0.15) is 0 Å². The summed E-state index contributed by atoms with van der Waals surface area (Å²) < 4.78 is 80.0. The predicted molar refractivity (Wildman–Crippen MR) is 76.9 cm³/mol. The normalized spacial score (nSPS) is 8.67. The fourth-order valence-corrected chi connectivity index (χ4v) is 1.03. The first-order chi connectivity index (χ1) is 12.2. The van der Waals surface area contributed by atoms with Crippen LogP contribution in [0.3, 0.4) is 0 Å². The predicted octanol–water partition coefficient (Wildman–Crippen LogP) is 2.42. The van der Waals surface area contributed by atoms with Gasteiger partial charge in [-0.2, -0.15) is 21.6 Å². The molecule has 1 N–H and O–H groups in total. The molecule has 0 atom stereocenters. The maximum Gasteiger partial charge on any atom is 0.0886 e. The van der Waals surface area contributed by atoms with E-state index < -0.39 is 15.6 Å². The van der Waals surface area contributed by atoms with E-state index in [2.05, 4.69) is 29.9 Å². The molecule has 0 saturated carbocycles. The van der Waals surface area contributed by atoms with E-state index in [0.29, 0.717) is 0 Å². The Morgan fingerprint density at radius 3 is 1.22 bits per heavy atom. The van der Waals surface area contributed by atoms with Crippen molar-refractivity contribution in [2.45, 2.75) is 5.51 Å². The van der Waals surface area contributed by atoms with Crippen LogP contribution in [0.5, 0.6) is 0 Å². The van der Waals surface area contributed by atoms with Crippen molar-refractivity contribution >= 4 is 10.1 Å². The largest absolute Gasteiger partial charge is 0.255 e. The molecular weight excluding hydrogens is 567 g/mol. The molecular formula is C14H9F3N2O6ReS. The maximum absolute atomic E-state index is 10.7. The number of nitrogens with zero attached hydrogens (tertiary/aromatic N) is 2. The second-order valence-electron chi connectivity index (χ2n) is 3.35. The van der Waals surface area contributed by atoms with Gasteiger partial charge in [-0.3, -0.25) is 14.5 Å². The van der Waals surface area contributed by atoms with Crippen molar-refractivity contribution in [1.82, 2.24) is 9.97 Å². The molecule has 8 nitrogen and oxygen atoms in total. The second-order valence-corrected chi connectivity index (χ2v) is 4.76. The number of halogens is 3. The Labute approximate surface area is 166 Å². The average molecular weight is 577 g/mol. The molecule has 2 rings (SSSR count). The minimum atomic E-state index is -5.84. The van der Waals surface area contributed by atoms with Crippen molar-refractivity contribution < 1.29 is 60.5 Å². The average Bonchev–Trinajstić information content (AvgIpc) is 2.67. The van der Waals surface area contributed by atoms with Gasteiger partial charge in [-0.05, 0) is 24.3 Å². The van der Waals surface area contributed by atoms with Gasteiger partial charge in [0.05, 0.1) is 11.4 Å². The number of alkyl halides is 3. The van der Waals surface area contributed by atoms with E-state index in [0.717, 1.165) is 11.4 Å². The number of pyridine rings is 2. The van der Waals surface area contributed by atoms with Gasteiger partial charge in [0.25, 0.3) is 0 Å². The molecule has 1 radical (unpaired) electrons. The zero-order valence-electron chi connectivity index (χ0n) is 12.9. The van der Waals surface area contributed by atoms with Gasteiger partial charge in [-0.15, -0.1) is 0 Å². The molecule has 0 amide bonds. The van der Waals surface area contributed by atoms with E-state index in [1.54, 1.807) is 12.4 Å². The molecule has 0 aliphatic carbocycles. The Balaban J connectivity index is -0.000000156. The van der Waals surface area contributed by atoms with Gasteiger partial charge < -0.3 is 0 Å². The first-order valence-corrected chi connectivity index (χ1v) is 7.13.